The molecule has 0 saturated carbocycles. The Labute approximate surface area is 310 Å². The number of fused-ring (bicyclic) bond motifs is 3. The van der Waals surface area contributed by atoms with Gasteiger partial charge in [0.15, 0.2) is 0 Å². The van der Waals surface area contributed by atoms with Gasteiger partial charge in [0.05, 0.1) is 24.2 Å². The van der Waals surface area contributed by atoms with Gasteiger partial charge in [0.2, 0.25) is 0 Å². The van der Waals surface area contributed by atoms with Crippen molar-refractivity contribution in [3.8, 4) is 11.5 Å². The second-order valence-electron chi connectivity index (χ2n) is 14.7. The Morgan fingerprint density at radius 3 is 1.77 bits per heavy atom. The third kappa shape index (κ3) is 11.1. The summed E-state index contributed by atoms with van der Waals surface area (Å²) < 4.78 is 22.1. The van der Waals surface area contributed by atoms with Crippen LogP contribution in [-0.2, 0) is 15.9 Å². The summed E-state index contributed by atoms with van der Waals surface area (Å²) in [4.78, 5) is 50.5. The number of hydrogen-bond acceptors (Lipinski definition) is 8. The van der Waals surface area contributed by atoms with Gasteiger partial charge in [0.25, 0.3) is 11.8 Å². The highest BCUT2D eigenvalue weighted by molar-refractivity contribution is 6.06. The van der Waals surface area contributed by atoms with Gasteiger partial charge in [0, 0.05) is 17.3 Å². The van der Waals surface area contributed by atoms with Gasteiger partial charge >= 0.3 is 12.2 Å². The van der Waals surface area contributed by atoms with E-state index in [9.17, 15) is 19.2 Å². The van der Waals surface area contributed by atoms with E-state index < -0.39 is 23.4 Å². The Hall–Kier alpha value is -5.78. The monoisotopic (exact) mass is 724 g/mol. The number of rotatable bonds is 12. The van der Waals surface area contributed by atoms with Crippen LogP contribution >= 0.6 is 0 Å². The average Bonchev–Trinajstić information content (AvgIpc) is 3.44. The summed E-state index contributed by atoms with van der Waals surface area (Å²) in [5, 5.41) is 11.3. The molecule has 0 fully saturated rings. The zero-order valence-corrected chi connectivity index (χ0v) is 31.0. The molecular weight excluding hydrogens is 676 g/mol. The number of alkyl carbamates (subject to hydrolysis) is 2. The minimum absolute atomic E-state index is 0.130. The maximum Gasteiger partial charge on any atom is 0.407 e. The van der Waals surface area contributed by atoms with Gasteiger partial charge in [-0.2, -0.15) is 0 Å². The summed E-state index contributed by atoms with van der Waals surface area (Å²) in [6.07, 6.45) is 5.75. The molecule has 0 radical (unpaired) electrons. The molecule has 2 atom stereocenters. The number of benzene rings is 3. The molecule has 280 valence electrons. The molecule has 0 heterocycles. The molecule has 0 aromatic heterocycles. The summed E-state index contributed by atoms with van der Waals surface area (Å²) in [6, 6.07) is 19.8. The van der Waals surface area contributed by atoms with Gasteiger partial charge in [-0.05, 0) is 107 Å². The quantitative estimate of drug-likeness (QED) is 0.148. The van der Waals surface area contributed by atoms with E-state index >= 15 is 0 Å². The van der Waals surface area contributed by atoms with E-state index in [1.165, 1.54) is 5.56 Å². The van der Waals surface area contributed by atoms with Crippen LogP contribution in [0.2, 0.25) is 0 Å². The van der Waals surface area contributed by atoms with Crippen molar-refractivity contribution in [2.75, 3.05) is 31.6 Å². The molecule has 4 N–H and O–H groups in total. The van der Waals surface area contributed by atoms with Crippen molar-refractivity contribution in [3.63, 3.8) is 0 Å². The number of nitrogens with one attached hydrogen (secondary N) is 4. The Balaban J connectivity index is 1.14. The maximum atomic E-state index is 13.3. The van der Waals surface area contributed by atoms with Crippen molar-refractivity contribution in [1.82, 2.24) is 16.0 Å². The van der Waals surface area contributed by atoms with E-state index in [4.69, 9.17) is 18.9 Å². The zero-order valence-electron chi connectivity index (χ0n) is 31.0. The molecule has 12 nitrogen and oxygen atoms in total. The predicted octanol–water partition coefficient (Wildman–Crippen LogP) is 6.89. The van der Waals surface area contributed by atoms with Crippen LogP contribution in [0.3, 0.4) is 0 Å². The number of hydrogen-bond donors (Lipinski definition) is 4. The molecule has 0 spiro atoms. The third-order valence-corrected chi connectivity index (χ3v) is 8.13. The number of amides is 4. The molecule has 53 heavy (non-hydrogen) atoms. The van der Waals surface area contributed by atoms with Crippen LogP contribution in [0.4, 0.5) is 15.3 Å². The summed E-state index contributed by atoms with van der Waals surface area (Å²) in [5.41, 5.74) is 3.18. The van der Waals surface area contributed by atoms with Crippen molar-refractivity contribution in [2.24, 2.45) is 5.92 Å². The minimum atomic E-state index is -0.601. The lowest BCUT2D eigenvalue weighted by Crippen LogP contribution is -2.34. The summed E-state index contributed by atoms with van der Waals surface area (Å²) in [7, 11) is 0. The Kier molecular flexibility index (Phi) is 12.1. The van der Waals surface area contributed by atoms with Crippen LogP contribution in [0, 0.1) is 5.92 Å². The van der Waals surface area contributed by atoms with Crippen molar-refractivity contribution in [3.05, 3.63) is 113 Å². The van der Waals surface area contributed by atoms with Crippen molar-refractivity contribution < 1.29 is 38.1 Å². The van der Waals surface area contributed by atoms with Gasteiger partial charge in [-0.15, -0.1) is 0 Å². The highest BCUT2D eigenvalue weighted by atomic mass is 16.6. The minimum Gasteiger partial charge on any atom is -0.491 e. The number of allylic oxidation sites excluding steroid dienone is 3. The number of anilines is 1. The summed E-state index contributed by atoms with van der Waals surface area (Å²) >= 11 is 0. The van der Waals surface area contributed by atoms with E-state index in [0.717, 1.165) is 12.0 Å². The average molecular weight is 725 g/mol. The first-order chi connectivity index (χ1) is 25.1. The Bertz CT molecular complexity index is 1890. The molecule has 2 aliphatic carbocycles. The predicted molar refractivity (Wildman–Crippen MR) is 201 cm³/mol. The topological polar surface area (TPSA) is 153 Å². The first-order valence-corrected chi connectivity index (χ1v) is 17.7. The SMILES string of the molecule is CC(C)(C)OC(=O)NCCOc1ccccc1C(=O)NC1=CC2Cc3cc(NC(=O)c4ccccc4OCCNC(=O)OC(C)(C)C)ccc3C2C=C1. The van der Waals surface area contributed by atoms with Crippen LogP contribution in [0.1, 0.15) is 79.3 Å². The molecule has 0 bridgehead atoms. The van der Waals surface area contributed by atoms with Crippen molar-refractivity contribution in [2.45, 2.75) is 65.1 Å². The third-order valence-electron chi connectivity index (χ3n) is 8.13. The zero-order chi connectivity index (χ0) is 38.2. The van der Waals surface area contributed by atoms with Gasteiger partial charge in [-0.3, -0.25) is 9.59 Å². The molecule has 0 aliphatic heterocycles. The van der Waals surface area contributed by atoms with Gasteiger partial charge in [-0.1, -0.05) is 42.5 Å². The van der Waals surface area contributed by atoms with Crippen molar-refractivity contribution in [1.29, 1.82) is 0 Å². The smallest absolute Gasteiger partial charge is 0.407 e. The van der Waals surface area contributed by atoms with Gasteiger partial charge in [-0.25, -0.2) is 9.59 Å². The summed E-state index contributed by atoms with van der Waals surface area (Å²) in [5.74, 6) is 0.458. The van der Waals surface area contributed by atoms with E-state index in [-0.39, 0.29) is 50.0 Å². The van der Waals surface area contributed by atoms with Crippen LogP contribution in [0.25, 0.3) is 0 Å². The molecule has 2 unspecified atom stereocenters. The molecule has 5 rings (SSSR count). The van der Waals surface area contributed by atoms with Gasteiger partial charge < -0.3 is 40.2 Å². The van der Waals surface area contributed by atoms with E-state index in [1.54, 1.807) is 90.1 Å². The fourth-order valence-corrected chi connectivity index (χ4v) is 6.00. The van der Waals surface area contributed by atoms with E-state index in [1.807, 2.05) is 24.3 Å². The van der Waals surface area contributed by atoms with E-state index in [0.29, 0.717) is 34.0 Å². The Morgan fingerprint density at radius 2 is 1.23 bits per heavy atom. The molecule has 0 saturated heterocycles. The first-order valence-electron chi connectivity index (χ1n) is 17.7. The van der Waals surface area contributed by atoms with Crippen LogP contribution in [0.5, 0.6) is 11.5 Å². The maximum absolute atomic E-state index is 13.3. The molecular formula is C41H48N4O8. The molecule has 2 aliphatic rings. The fraction of sp³-hybridized carbons (Fsp3) is 0.366. The van der Waals surface area contributed by atoms with Crippen LogP contribution < -0.4 is 30.7 Å². The summed E-state index contributed by atoms with van der Waals surface area (Å²) in [6.45, 7) is 11.5. The first kappa shape index (κ1) is 38.5. The Morgan fingerprint density at radius 1 is 0.698 bits per heavy atom. The second-order valence-corrected chi connectivity index (χ2v) is 14.7. The standard InChI is InChI=1S/C41H48N4O8/c1-40(2,3)52-38(48)42-19-21-50-34-13-9-7-11-32(34)36(46)44-28-15-17-30-26(24-28)23-27-25-29(16-18-31(27)30)45-37(47)33-12-8-10-14-35(33)51-22-20-43-39(49)53-41(4,5)6/h7-18,24-26,30H,19-23H2,1-6H3,(H,42,48)(H,43,49)(H,44,46)(H,45,47). The number of carbonyl (C=O) groups excluding carboxylic acids is 4. The van der Waals surface area contributed by atoms with Crippen LogP contribution in [-0.4, -0.2) is 61.5 Å². The number of para-hydroxylation sites is 2. The second kappa shape index (κ2) is 16.7. The number of carbonyl (C=O) groups is 4. The lowest BCUT2D eigenvalue weighted by atomic mass is 9.88. The normalized spacial score (nSPS) is 15.9. The molecule has 3 aromatic carbocycles. The lowest BCUT2D eigenvalue weighted by molar-refractivity contribution is 0.0509. The highest BCUT2D eigenvalue weighted by Gasteiger charge is 2.32. The molecule has 3 aromatic rings. The van der Waals surface area contributed by atoms with Crippen LogP contribution in [0.15, 0.2) is 90.7 Å². The fourth-order valence-electron chi connectivity index (χ4n) is 6.00. The van der Waals surface area contributed by atoms with Gasteiger partial charge in [0.1, 0.15) is 35.9 Å². The van der Waals surface area contributed by atoms with E-state index in [2.05, 4.69) is 33.4 Å². The number of ether oxygens (including phenoxy) is 4. The largest absolute Gasteiger partial charge is 0.491 e. The van der Waals surface area contributed by atoms with Crippen molar-refractivity contribution >= 4 is 29.7 Å². The highest BCUT2D eigenvalue weighted by Crippen LogP contribution is 2.43. The molecule has 4 amide bonds. The lowest BCUT2D eigenvalue weighted by Gasteiger charge is -2.21. The molecule has 12 heteroatoms.